The van der Waals surface area contributed by atoms with Gasteiger partial charge in [0, 0.05) is 35.8 Å². The van der Waals surface area contributed by atoms with E-state index in [9.17, 15) is 9.59 Å². The number of hydrogen-bond acceptors (Lipinski definition) is 5. The highest BCUT2D eigenvalue weighted by molar-refractivity contribution is 6.15. The molecule has 1 aliphatic heterocycles. The second-order valence-electron chi connectivity index (χ2n) is 6.43. The molecule has 0 atom stereocenters. The van der Waals surface area contributed by atoms with Crippen LogP contribution < -0.4 is 19.9 Å². The van der Waals surface area contributed by atoms with Crippen LogP contribution in [0.5, 0.6) is 17.2 Å². The van der Waals surface area contributed by atoms with Gasteiger partial charge in [-0.05, 0) is 36.4 Å². The maximum Gasteiger partial charge on any atom is 0.255 e. The van der Waals surface area contributed by atoms with Gasteiger partial charge in [-0.2, -0.15) is 0 Å². The van der Waals surface area contributed by atoms with Gasteiger partial charge >= 0.3 is 0 Å². The summed E-state index contributed by atoms with van der Waals surface area (Å²) >= 11 is 0. The SMILES string of the molecule is COc1ccc2c(c1)c(/C=C1\Oc3cc(OCC(N)=O)ccc3C1=O)cn2C. The van der Waals surface area contributed by atoms with Crippen molar-refractivity contribution in [3.8, 4) is 17.2 Å². The molecule has 1 amide bonds. The van der Waals surface area contributed by atoms with Crippen molar-refractivity contribution in [3.63, 3.8) is 0 Å². The van der Waals surface area contributed by atoms with Crippen LogP contribution in [-0.4, -0.2) is 30.0 Å². The van der Waals surface area contributed by atoms with Gasteiger partial charge in [-0.3, -0.25) is 9.59 Å². The predicted octanol–water partition coefficient (Wildman–Crippen LogP) is 2.67. The van der Waals surface area contributed by atoms with Crippen LogP contribution in [0, 0.1) is 0 Å². The van der Waals surface area contributed by atoms with E-state index in [1.165, 1.54) is 0 Å². The summed E-state index contributed by atoms with van der Waals surface area (Å²) in [4.78, 5) is 23.6. The number of aryl methyl sites for hydroxylation is 1. The molecule has 2 aromatic carbocycles. The Kier molecular flexibility index (Phi) is 4.27. The summed E-state index contributed by atoms with van der Waals surface area (Å²) in [5.74, 6) is 0.951. The zero-order valence-electron chi connectivity index (χ0n) is 15.4. The van der Waals surface area contributed by atoms with E-state index in [0.717, 1.165) is 22.2 Å². The second kappa shape index (κ2) is 6.77. The maximum absolute atomic E-state index is 12.7. The van der Waals surface area contributed by atoms with E-state index in [2.05, 4.69) is 0 Å². The first-order valence-corrected chi connectivity index (χ1v) is 8.59. The maximum atomic E-state index is 12.7. The fourth-order valence-corrected chi connectivity index (χ4v) is 3.20. The number of amides is 1. The molecule has 28 heavy (non-hydrogen) atoms. The van der Waals surface area contributed by atoms with Gasteiger partial charge < -0.3 is 24.5 Å². The van der Waals surface area contributed by atoms with E-state index in [4.69, 9.17) is 19.9 Å². The van der Waals surface area contributed by atoms with Crippen molar-refractivity contribution >= 4 is 28.7 Å². The Morgan fingerprint density at radius 2 is 2.00 bits per heavy atom. The fourth-order valence-electron chi connectivity index (χ4n) is 3.20. The van der Waals surface area contributed by atoms with Crippen LogP contribution in [0.25, 0.3) is 17.0 Å². The van der Waals surface area contributed by atoms with E-state index in [1.807, 2.05) is 36.0 Å². The number of benzene rings is 2. The lowest BCUT2D eigenvalue weighted by atomic mass is 10.1. The van der Waals surface area contributed by atoms with Gasteiger partial charge in [-0.25, -0.2) is 0 Å². The Morgan fingerprint density at radius 1 is 1.21 bits per heavy atom. The number of fused-ring (bicyclic) bond motifs is 2. The minimum absolute atomic E-state index is 0.212. The number of methoxy groups -OCH3 is 1. The van der Waals surface area contributed by atoms with Crippen molar-refractivity contribution in [1.29, 1.82) is 0 Å². The highest BCUT2D eigenvalue weighted by Gasteiger charge is 2.28. The summed E-state index contributed by atoms with van der Waals surface area (Å²) in [6.07, 6.45) is 3.65. The highest BCUT2D eigenvalue weighted by atomic mass is 16.5. The first-order chi connectivity index (χ1) is 13.5. The summed E-state index contributed by atoms with van der Waals surface area (Å²) in [6.45, 7) is -0.243. The van der Waals surface area contributed by atoms with Crippen LogP contribution in [0.4, 0.5) is 0 Å². The Hall–Kier alpha value is -3.74. The molecule has 3 aromatic rings. The van der Waals surface area contributed by atoms with Gasteiger partial charge in [0.1, 0.15) is 17.2 Å². The molecule has 7 heteroatoms. The van der Waals surface area contributed by atoms with E-state index in [1.54, 1.807) is 31.4 Å². The third-order valence-electron chi connectivity index (χ3n) is 4.54. The largest absolute Gasteiger partial charge is 0.497 e. The highest BCUT2D eigenvalue weighted by Crippen LogP contribution is 2.36. The third kappa shape index (κ3) is 3.07. The lowest BCUT2D eigenvalue weighted by molar-refractivity contribution is -0.119. The molecule has 1 aromatic heterocycles. The molecule has 0 aliphatic carbocycles. The van der Waals surface area contributed by atoms with Crippen LogP contribution in [-0.2, 0) is 11.8 Å². The Labute approximate surface area is 160 Å². The van der Waals surface area contributed by atoms with Gasteiger partial charge in [-0.1, -0.05) is 0 Å². The van der Waals surface area contributed by atoms with Crippen LogP contribution in [0.1, 0.15) is 15.9 Å². The molecular weight excluding hydrogens is 360 g/mol. The van der Waals surface area contributed by atoms with Crippen LogP contribution >= 0.6 is 0 Å². The zero-order chi connectivity index (χ0) is 19.8. The van der Waals surface area contributed by atoms with E-state index in [-0.39, 0.29) is 18.1 Å². The number of nitrogens with zero attached hydrogens (tertiary/aromatic N) is 1. The number of ether oxygens (including phenoxy) is 3. The molecule has 0 fully saturated rings. The number of ketones is 1. The minimum Gasteiger partial charge on any atom is -0.497 e. The molecule has 0 spiro atoms. The molecule has 0 bridgehead atoms. The van der Waals surface area contributed by atoms with E-state index >= 15 is 0 Å². The normalized spacial score (nSPS) is 14.2. The molecule has 2 heterocycles. The molecule has 0 saturated carbocycles. The Morgan fingerprint density at radius 3 is 2.75 bits per heavy atom. The van der Waals surface area contributed by atoms with E-state index < -0.39 is 5.91 Å². The number of primary amides is 1. The number of allylic oxidation sites excluding steroid dienone is 1. The lowest BCUT2D eigenvalue weighted by Crippen LogP contribution is -2.19. The second-order valence-corrected chi connectivity index (χ2v) is 6.43. The van der Waals surface area contributed by atoms with Gasteiger partial charge in [0.05, 0.1) is 12.7 Å². The van der Waals surface area contributed by atoms with Crippen LogP contribution in [0.3, 0.4) is 0 Å². The summed E-state index contributed by atoms with van der Waals surface area (Å²) in [5.41, 5.74) is 7.38. The fraction of sp³-hybridized carbons (Fsp3) is 0.143. The monoisotopic (exact) mass is 378 g/mol. The Balaban J connectivity index is 1.68. The quantitative estimate of drug-likeness (QED) is 0.689. The summed E-state index contributed by atoms with van der Waals surface area (Å²) in [6, 6.07) is 10.6. The number of carbonyl (C=O) groups is 2. The number of hydrogen-bond donors (Lipinski definition) is 1. The number of carbonyl (C=O) groups excluding carboxylic acids is 2. The Bertz CT molecular complexity index is 1140. The molecule has 142 valence electrons. The number of aromatic nitrogens is 1. The van der Waals surface area contributed by atoms with Gasteiger partial charge in [0.15, 0.2) is 12.4 Å². The summed E-state index contributed by atoms with van der Waals surface area (Å²) in [7, 11) is 3.55. The minimum atomic E-state index is -0.579. The molecular formula is C21H18N2O5. The molecule has 2 N–H and O–H groups in total. The van der Waals surface area contributed by atoms with Crippen molar-refractivity contribution in [2.75, 3.05) is 13.7 Å². The van der Waals surface area contributed by atoms with E-state index in [0.29, 0.717) is 17.1 Å². The molecule has 0 saturated heterocycles. The van der Waals surface area contributed by atoms with Crippen LogP contribution in [0.15, 0.2) is 48.4 Å². The average Bonchev–Trinajstić information content (AvgIpc) is 3.16. The van der Waals surface area contributed by atoms with Gasteiger partial charge in [-0.15, -0.1) is 0 Å². The molecule has 4 rings (SSSR count). The number of rotatable bonds is 5. The predicted molar refractivity (Wildman–Crippen MR) is 104 cm³/mol. The first kappa shape index (κ1) is 17.7. The van der Waals surface area contributed by atoms with Crippen molar-refractivity contribution < 1.29 is 23.8 Å². The van der Waals surface area contributed by atoms with Crippen molar-refractivity contribution in [1.82, 2.24) is 4.57 Å². The summed E-state index contributed by atoms with van der Waals surface area (Å²) in [5, 5.41) is 0.951. The molecule has 1 aliphatic rings. The topological polar surface area (TPSA) is 92.8 Å². The summed E-state index contributed by atoms with van der Waals surface area (Å²) < 4.78 is 18.3. The average molecular weight is 378 g/mol. The third-order valence-corrected chi connectivity index (χ3v) is 4.54. The molecule has 0 unspecified atom stereocenters. The van der Waals surface area contributed by atoms with Crippen molar-refractivity contribution in [3.05, 3.63) is 59.5 Å². The van der Waals surface area contributed by atoms with Crippen molar-refractivity contribution in [2.45, 2.75) is 0 Å². The lowest BCUT2D eigenvalue weighted by Gasteiger charge is -2.04. The standard InChI is InChI=1S/C21H18N2O5/c1-23-10-12(16-8-13(26-2)4-6-17(16)23)7-19-21(25)15-5-3-14(9-18(15)28-19)27-11-20(22)24/h3-10H,11H2,1-2H3,(H2,22,24)/b19-7-. The number of nitrogens with two attached hydrogens (primary N) is 1. The zero-order valence-corrected chi connectivity index (χ0v) is 15.4. The number of Topliss-reactive ketones (excluding diaryl/α,β-unsaturated/α-hetero) is 1. The smallest absolute Gasteiger partial charge is 0.255 e. The molecule has 7 nitrogen and oxygen atoms in total. The molecule has 0 radical (unpaired) electrons. The first-order valence-electron chi connectivity index (χ1n) is 8.59. The van der Waals surface area contributed by atoms with Gasteiger partial charge in [0.25, 0.3) is 5.91 Å². The van der Waals surface area contributed by atoms with Gasteiger partial charge in [0.2, 0.25) is 5.78 Å². The van der Waals surface area contributed by atoms with Crippen molar-refractivity contribution in [2.24, 2.45) is 12.8 Å². The van der Waals surface area contributed by atoms with Crippen LogP contribution in [0.2, 0.25) is 0 Å².